The van der Waals surface area contributed by atoms with Crippen LogP contribution in [0.3, 0.4) is 0 Å². The number of ether oxygens (including phenoxy) is 11. The smallest absolute Gasteiger partial charge is 0.358 e. The third kappa shape index (κ3) is 17.8. The number of carboxylic acids is 3. The standard InChI is InChI=1S/C28H30N8O6.C25H26N8O7.C24H25N9O7/c1-2-29-28(39)35-25-22-26(33-14-32-25)36(15-34-22)19-10-17(11-40-12-18-21(27(37)38)31-13-30-18)23-24(19)42-20(41-23)9-8-16-6-4-3-5-7-16;1-2-26-25(36)32-20-17-21(30-11-29-20)33(12-31-17)22-19-18(39-24(40-19)13-6-4-3-5-7-13)15(38-22)9-37-8-14-16(23(34)35)28-10-27-14;1-2-25-24(36)29-19-16-20(27-10-26-19)33(11-28-16)21-18-17(39-23(40-18)12-6-4-3-5-7-12)14(38-21)9-37-8-13-15(22(34)35)31-32-30-13/h3-9,13-15,17,19-20,23-24H,2,10-12H2,1H3,(H,30,31)(H,37,38)(H2,29,32,33,35,39);3-7,10-12,15,18-19,22,24H,2,8-9H2,1H3,(H,27,28)(H,34,35)(H2,26,29,30,32,36);3-7,10-11,14,17-18,21,23H,2,8-9H2,1H3,(H,34,35)(H,30,31,32)(H2,25,26,27,29,36)/b9-8+;;/t17?,19?,20-,23?,24?;15?,18?,19?,22?,24-;14?,17?,18?,21?,23-/m000/s1. The Kier molecular flexibility index (Phi) is 25.1. The number of benzene rings is 3. The summed E-state index contributed by atoms with van der Waals surface area (Å²) in [5.41, 5.74) is 5.86. The Labute approximate surface area is 689 Å². The van der Waals surface area contributed by atoms with Crippen LogP contribution in [0.1, 0.15) is 124 Å². The molecule has 15 atom stereocenters. The first-order valence-electron chi connectivity index (χ1n) is 38.7. The second-order valence-corrected chi connectivity index (χ2v) is 28.1. The zero-order valence-corrected chi connectivity index (χ0v) is 65.1. The molecule has 5 aliphatic heterocycles. The number of amides is 6. The molecule has 14 heterocycles. The summed E-state index contributed by atoms with van der Waals surface area (Å²) >= 11 is 0. The minimum absolute atomic E-state index is 0.0113. The number of anilines is 3. The van der Waals surface area contributed by atoms with Crippen LogP contribution in [0.5, 0.6) is 0 Å². The number of carbonyl (C=O) groups excluding carboxylic acids is 3. The van der Waals surface area contributed by atoms with Crippen LogP contribution in [0.25, 0.3) is 39.6 Å². The molecule has 12 N–H and O–H groups in total. The molecule has 18 rings (SSSR count). The summed E-state index contributed by atoms with van der Waals surface area (Å²) < 4.78 is 73.7. The van der Waals surface area contributed by atoms with E-state index in [4.69, 9.17) is 52.1 Å². The van der Waals surface area contributed by atoms with Crippen LogP contribution in [0.15, 0.2) is 148 Å². The van der Waals surface area contributed by atoms with Gasteiger partial charge in [0.05, 0.1) is 94.8 Å². The van der Waals surface area contributed by atoms with Crippen molar-refractivity contribution < 1.29 is 96.2 Å². The molecule has 45 heteroatoms. The quantitative estimate of drug-likeness (QED) is 0.0254. The fourth-order valence-electron chi connectivity index (χ4n) is 15.0. The van der Waals surface area contributed by atoms with E-state index in [1.165, 1.54) is 31.6 Å². The van der Waals surface area contributed by atoms with Gasteiger partial charge in [-0.2, -0.15) is 10.3 Å². The highest BCUT2D eigenvalue weighted by Crippen LogP contribution is 2.49. The lowest BCUT2D eigenvalue weighted by Gasteiger charge is -2.21. The minimum Gasteiger partial charge on any atom is -0.476 e. The van der Waals surface area contributed by atoms with Crippen molar-refractivity contribution in [3.63, 3.8) is 0 Å². The Morgan fingerprint density at radius 3 is 1.35 bits per heavy atom. The van der Waals surface area contributed by atoms with E-state index in [0.29, 0.717) is 83.4 Å². The molecule has 6 fully saturated rings. The fraction of sp³-hybridized carbons (Fsp3) is 0.364. The first kappa shape index (κ1) is 82.1. The molecule has 0 bridgehead atoms. The van der Waals surface area contributed by atoms with E-state index in [-0.39, 0.29) is 97.6 Å². The van der Waals surface area contributed by atoms with Crippen molar-refractivity contribution in [2.45, 2.75) is 133 Å². The molecular weight excluding hydrogens is 1600 g/mol. The monoisotopic (exact) mass is 1680 g/mol. The number of hydrogen-bond acceptors (Lipinski definition) is 30. The van der Waals surface area contributed by atoms with E-state index < -0.39 is 97.9 Å². The fourth-order valence-corrected chi connectivity index (χ4v) is 15.0. The molecule has 1 saturated carbocycles. The Bertz CT molecular complexity index is 5470. The zero-order valence-electron chi connectivity index (χ0n) is 65.1. The molecule has 0 radical (unpaired) electrons. The van der Waals surface area contributed by atoms with Crippen molar-refractivity contribution >= 4 is 93.0 Å². The number of H-pyrrole nitrogens is 3. The van der Waals surface area contributed by atoms with Crippen LogP contribution < -0.4 is 31.9 Å². The number of hydrogen-bond donors (Lipinski definition) is 12. The third-order valence-corrected chi connectivity index (χ3v) is 20.4. The molecule has 12 aromatic rings. The van der Waals surface area contributed by atoms with Crippen molar-refractivity contribution in [2.24, 2.45) is 5.92 Å². The predicted molar refractivity (Wildman–Crippen MR) is 419 cm³/mol. The largest absolute Gasteiger partial charge is 0.476 e. The van der Waals surface area contributed by atoms with Gasteiger partial charge >= 0.3 is 36.0 Å². The number of carbonyl (C=O) groups is 6. The molecule has 6 aliphatic rings. The van der Waals surface area contributed by atoms with Crippen LogP contribution >= 0.6 is 0 Å². The molecule has 5 saturated heterocycles. The van der Waals surface area contributed by atoms with E-state index in [0.717, 1.165) is 16.7 Å². The molecule has 12 unspecified atom stereocenters. The first-order valence-corrected chi connectivity index (χ1v) is 38.7. The van der Waals surface area contributed by atoms with E-state index in [1.54, 1.807) is 35.0 Å². The molecule has 634 valence electrons. The van der Waals surface area contributed by atoms with Gasteiger partial charge in [-0.05, 0) is 38.8 Å². The van der Waals surface area contributed by atoms with Crippen molar-refractivity contribution in [1.29, 1.82) is 0 Å². The maximum atomic E-state index is 12.1. The van der Waals surface area contributed by atoms with Gasteiger partial charge in [0.1, 0.15) is 67.4 Å². The highest BCUT2D eigenvalue weighted by Gasteiger charge is 2.57. The Morgan fingerprint density at radius 1 is 0.459 bits per heavy atom. The van der Waals surface area contributed by atoms with E-state index in [1.807, 2.05) is 122 Å². The second-order valence-electron chi connectivity index (χ2n) is 28.1. The van der Waals surface area contributed by atoms with Gasteiger partial charge in [-0.15, -0.1) is 5.10 Å². The number of carboxylic acid groups (broad SMARTS) is 3. The lowest BCUT2D eigenvalue weighted by Crippen LogP contribution is -2.31. The summed E-state index contributed by atoms with van der Waals surface area (Å²) in [6, 6.07) is 27.5. The topological polar surface area (TPSA) is 567 Å². The van der Waals surface area contributed by atoms with Crippen molar-refractivity contribution in [1.82, 2.24) is 110 Å². The van der Waals surface area contributed by atoms with Crippen molar-refractivity contribution in [3.8, 4) is 0 Å². The summed E-state index contributed by atoms with van der Waals surface area (Å²) in [4.78, 5) is 123. The Hall–Kier alpha value is -13.6. The Balaban J connectivity index is 0.000000136. The van der Waals surface area contributed by atoms with Crippen LogP contribution in [0, 0.1) is 5.92 Å². The van der Waals surface area contributed by atoms with Crippen LogP contribution in [-0.4, -0.2) is 240 Å². The number of nitrogens with one attached hydrogen (secondary N) is 9. The van der Waals surface area contributed by atoms with Crippen molar-refractivity contribution in [3.05, 3.63) is 199 Å². The van der Waals surface area contributed by atoms with Gasteiger partial charge in [0.25, 0.3) is 0 Å². The lowest BCUT2D eigenvalue weighted by molar-refractivity contribution is -0.158. The van der Waals surface area contributed by atoms with Crippen LogP contribution in [0.2, 0.25) is 0 Å². The lowest BCUT2D eigenvalue weighted by atomic mass is 10.1. The number of aromatic carboxylic acids is 3. The molecule has 6 amide bonds. The predicted octanol–water partition coefficient (Wildman–Crippen LogP) is 6.36. The van der Waals surface area contributed by atoms with E-state index in [2.05, 4.69) is 112 Å². The Morgan fingerprint density at radius 2 is 0.885 bits per heavy atom. The summed E-state index contributed by atoms with van der Waals surface area (Å²) in [6.07, 6.45) is 8.76. The number of nitrogens with zero attached hydrogens (tertiary/aromatic N) is 16. The third-order valence-electron chi connectivity index (χ3n) is 20.4. The van der Waals surface area contributed by atoms with Crippen LogP contribution in [0.4, 0.5) is 31.8 Å². The van der Waals surface area contributed by atoms with Crippen molar-refractivity contribution in [2.75, 3.05) is 55.4 Å². The number of fused-ring (bicyclic) bond motifs is 6. The molecule has 9 aromatic heterocycles. The van der Waals surface area contributed by atoms with Crippen LogP contribution in [-0.2, 0) is 71.9 Å². The zero-order chi connectivity index (χ0) is 84.3. The molecule has 0 spiro atoms. The van der Waals surface area contributed by atoms with Gasteiger partial charge in [0.2, 0.25) is 0 Å². The van der Waals surface area contributed by atoms with Gasteiger partial charge in [-0.3, -0.25) is 25.1 Å². The van der Waals surface area contributed by atoms with Gasteiger partial charge < -0.3 is 97.9 Å². The maximum Gasteiger partial charge on any atom is 0.358 e. The summed E-state index contributed by atoms with van der Waals surface area (Å²) in [6.45, 7) is 7.22. The maximum absolute atomic E-state index is 12.1. The van der Waals surface area contributed by atoms with Gasteiger partial charge in [0, 0.05) is 36.7 Å². The molecular formula is C77H81N25O20. The number of aromatic amines is 3. The number of aromatic nitrogens is 19. The molecule has 45 nitrogen and oxygen atoms in total. The summed E-state index contributed by atoms with van der Waals surface area (Å²) in [5, 5.41) is 53.8. The first-order chi connectivity index (χ1) is 59.6. The van der Waals surface area contributed by atoms with Gasteiger partial charge in [0.15, 0.2) is 99.4 Å². The number of imidazole rings is 5. The molecule has 1 aliphatic carbocycles. The minimum atomic E-state index is -1.21. The highest BCUT2D eigenvalue weighted by atomic mass is 16.8. The van der Waals surface area contributed by atoms with Gasteiger partial charge in [-0.25, -0.2) is 83.6 Å². The number of urea groups is 3. The summed E-state index contributed by atoms with van der Waals surface area (Å²) in [7, 11) is 0. The van der Waals surface area contributed by atoms with E-state index >= 15 is 0 Å². The average Bonchev–Trinajstić information content (AvgIpc) is 1.60. The molecule has 3 aromatic carbocycles. The normalized spacial score (nSPS) is 23.6. The number of rotatable bonds is 28. The van der Waals surface area contributed by atoms with Gasteiger partial charge in [-0.1, -0.05) is 97.1 Å². The van der Waals surface area contributed by atoms with E-state index in [9.17, 15) is 44.1 Å². The average molecular weight is 1680 g/mol. The highest BCUT2D eigenvalue weighted by molar-refractivity contribution is 5.98. The summed E-state index contributed by atoms with van der Waals surface area (Å²) in [5.74, 6) is -2.74. The second kappa shape index (κ2) is 37.4. The SMILES string of the molecule is CCNC(=O)Nc1ncnc2c1ncn2C1CC(COCc2[nH]cnc2C(=O)O)C2O[C@H](/C=C/c3ccccc3)OC21.CCNC(=O)Nc1ncnc2c1ncn2C1OC(COCc2[nH]cnc2C(=O)O)C2O[C@H](c3ccccc3)OC21.CCNC(=O)Nc1ncnc2c1ncn2C1OC(COCc2n[nH]nc2C(=O)O)C2O[C@H](c3ccccc3)OC21. The molecule has 122 heavy (non-hydrogen) atoms.